The van der Waals surface area contributed by atoms with Gasteiger partial charge in [-0.15, -0.1) is 0 Å². The van der Waals surface area contributed by atoms with Gasteiger partial charge < -0.3 is 20.3 Å². The molecule has 2 atom stereocenters. The largest absolute Gasteiger partial charge is 0.480 e. The van der Waals surface area contributed by atoms with E-state index in [-0.39, 0.29) is 17.9 Å². The predicted octanol–water partition coefficient (Wildman–Crippen LogP) is 2.96. The van der Waals surface area contributed by atoms with Gasteiger partial charge >= 0.3 is 0 Å². The topological polar surface area (TPSA) is 88.8 Å². The third-order valence-electron chi connectivity index (χ3n) is 5.58. The first-order chi connectivity index (χ1) is 14.9. The van der Waals surface area contributed by atoms with Gasteiger partial charge in [0.05, 0.1) is 5.52 Å². The van der Waals surface area contributed by atoms with Gasteiger partial charge in [-0.2, -0.15) is 0 Å². The fraction of sp³-hybridized carbons (Fsp3) is 0.292. The number of piperazine rings is 1. The van der Waals surface area contributed by atoms with Gasteiger partial charge in [0.25, 0.3) is 11.8 Å². The first-order valence-electron chi connectivity index (χ1n) is 10.4. The lowest BCUT2D eigenvalue weighted by atomic mass is 10.1. The number of hydrogen-bond acceptors (Lipinski definition) is 5. The van der Waals surface area contributed by atoms with Crippen molar-refractivity contribution in [2.45, 2.75) is 26.0 Å². The minimum Gasteiger partial charge on any atom is -0.480 e. The smallest absolute Gasteiger partial charge is 0.263 e. The Bertz CT molecular complexity index is 1100. The fourth-order valence-corrected chi connectivity index (χ4v) is 3.95. The maximum atomic E-state index is 13.1. The highest BCUT2D eigenvalue weighted by atomic mass is 16.5. The minimum absolute atomic E-state index is 0.00799. The van der Waals surface area contributed by atoms with Crippen LogP contribution in [0.25, 0.3) is 10.9 Å². The number of aromatic nitrogens is 1. The molecule has 0 bridgehead atoms. The number of nitrogens with zero attached hydrogens (tertiary/aromatic N) is 3. The zero-order chi connectivity index (χ0) is 22.0. The van der Waals surface area contributed by atoms with Crippen molar-refractivity contribution in [2.24, 2.45) is 0 Å². The summed E-state index contributed by atoms with van der Waals surface area (Å²) in [7, 11) is 0. The molecule has 2 unspecified atom stereocenters. The molecule has 1 fully saturated rings. The summed E-state index contributed by atoms with van der Waals surface area (Å²) < 4.78 is 6.02. The summed E-state index contributed by atoms with van der Waals surface area (Å²) >= 11 is 0. The number of nitrogens with two attached hydrogens (primary N) is 1. The van der Waals surface area contributed by atoms with Gasteiger partial charge in [0.15, 0.2) is 6.10 Å². The van der Waals surface area contributed by atoms with E-state index >= 15 is 0 Å². The molecule has 0 radical (unpaired) electrons. The van der Waals surface area contributed by atoms with Gasteiger partial charge in [-0.25, -0.2) is 4.98 Å². The Balaban J connectivity index is 1.42. The molecule has 4 rings (SSSR count). The average molecular weight is 418 g/mol. The van der Waals surface area contributed by atoms with E-state index in [1.807, 2.05) is 61.5 Å². The van der Waals surface area contributed by atoms with Crippen molar-refractivity contribution in [1.29, 1.82) is 0 Å². The SMILES string of the molecule is CC(Oc1cccc2nc(N)ccc12)C(=O)N1CCN(C(=O)c2ccccc2)CC1C. The number of rotatable bonds is 4. The number of pyridine rings is 1. The second-order valence-corrected chi connectivity index (χ2v) is 7.82. The molecule has 31 heavy (non-hydrogen) atoms. The van der Waals surface area contributed by atoms with E-state index in [1.165, 1.54) is 0 Å². The van der Waals surface area contributed by atoms with Crippen molar-refractivity contribution in [3.63, 3.8) is 0 Å². The van der Waals surface area contributed by atoms with Crippen LogP contribution in [0, 0.1) is 0 Å². The zero-order valence-corrected chi connectivity index (χ0v) is 17.7. The zero-order valence-electron chi connectivity index (χ0n) is 17.7. The summed E-state index contributed by atoms with van der Waals surface area (Å²) in [5.74, 6) is 0.924. The van der Waals surface area contributed by atoms with E-state index in [1.54, 1.807) is 22.8 Å². The van der Waals surface area contributed by atoms with Crippen LogP contribution in [0.15, 0.2) is 60.7 Å². The number of benzene rings is 2. The van der Waals surface area contributed by atoms with Crippen LogP contribution in [0.3, 0.4) is 0 Å². The van der Waals surface area contributed by atoms with E-state index in [4.69, 9.17) is 10.5 Å². The molecule has 1 aliphatic heterocycles. The first kappa shape index (κ1) is 20.7. The van der Waals surface area contributed by atoms with Gasteiger partial charge in [-0.05, 0) is 50.2 Å². The summed E-state index contributed by atoms with van der Waals surface area (Å²) in [6.45, 7) is 5.16. The van der Waals surface area contributed by atoms with Crippen LogP contribution in [-0.2, 0) is 4.79 Å². The molecule has 0 aliphatic carbocycles. The Morgan fingerprint density at radius 1 is 1.06 bits per heavy atom. The van der Waals surface area contributed by atoms with Gasteiger partial charge in [0.1, 0.15) is 11.6 Å². The Labute approximate surface area is 181 Å². The highest BCUT2D eigenvalue weighted by molar-refractivity contribution is 5.94. The standard InChI is InChI=1S/C24H26N4O3/c1-16-15-27(24(30)18-7-4-3-5-8-18)13-14-28(16)23(29)17(2)31-21-10-6-9-20-19(21)11-12-22(25)26-20/h3-12,16-17H,13-15H2,1-2H3,(H2,25,26). The molecule has 1 saturated heterocycles. The number of hydrogen-bond donors (Lipinski definition) is 1. The number of carbonyl (C=O) groups is 2. The van der Waals surface area contributed by atoms with Crippen LogP contribution >= 0.6 is 0 Å². The van der Waals surface area contributed by atoms with Gasteiger partial charge in [0.2, 0.25) is 0 Å². The maximum absolute atomic E-state index is 13.1. The molecule has 0 saturated carbocycles. The highest BCUT2D eigenvalue weighted by Crippen LogP contribution is 2.26. The van der Waals surface area contributed by atoms with Crippen LogP contribution < -0.4 is 10.5 Å². The van der Waals surface area contributed by atoms with Crippen LogP contribution in [0.4, 0.5) is 5.82 Å². The van der Waals surface area contributed by atoms with Gasteiger partial charge in [-0.1, -0.05) is 24.3 Å². The fourth-order valence-electron chi connectivity index (χ4n) is 3.95. The van der Waals surface area contributed by atoms with Crippen LogP contribution in [0.2, 0.25) is 0 Å². The predicted molar refractivity (Wildman–Crippen MR) is 120 cm³/mol. The Kier molecular flexibility index (Phi) is 5.75. The number of amides is 2. The molecule has 0 spiro atoms. The van der Waals surface area contributed by atoms with Crippen molar-refractivity contribution in [3.05, 3.63) is 66.2 Å². The molecule has 1 aliphatic rings. The van der Waals surface area contributed by atoms with Crippen LogP contribution in [0.1, 0.15) is 24.2 Å². The number of ether oxygens (including phenoxy) is 1. The van der Waals surface area contributed by atoms with Crippen molar-refractivity contribution >= 4 is 28.5 Å². The van der Waals surface area contributed by atoms with E-state index in [9.17, 15) is 9.59 Å². The molecule has 2 aromatic carbocycles. The monoisotopic (exact) mass is 418 g/mol. The van der Waals surface area contributed by atoms with Crippen molar-refractivity contribution in [1.82, 2.24) is 14.8 Å². The molecular weight excluding hydrogens is 392 g/mol. The van der Waals surface area contributed by atoms with E-state index < -0.39 is 6.10 Å². The highest BCUT2D eigenvalue weighted by Gasteiger charge is 2.33. The molecule has 7 nitrogen and oxygen atoms in total. The van der Waals surface area contributed by atoms with Gasteiger partial charge in [-0.3, -0.25) is 9.59 Å². The molecular formula is C24H26N4O3. The number of nitrogen functional groups attached to an aromatic ring is 1. The average Bonchev–Trinajstić information content (AvgIpc) is 2.78. The van der Waals surface area contributed by atoms with Gasteiger partial charge in [0, 0.05) is 36.6 Å². The molecule has 1 aromatic heterocycles. The first-order valence-corrected chi connectivity index (χ1v) is 10.4. The summed E-state index contributed by atoms with van der Waals surface area (Å²) in [6, 6.07) is 18.2. The second kappa shape index (κ2) is 8.63. The number of anilines is 1. The normalized spacial score (nSPS) is 17.4. The second-order valence-electron chi connectivity index (χ2n) is 7.82. The third-order valence-corrected chi connectivity index (χ3v) is 5.58. The molecule has 7 heteroatoms. The number of fused-ring (bicyclic) bond motifs is 1. The third kappa shape index (κ3) is 4.30. The van der Waals surface area contributed by atoms with E-state index in [0.717, 1.165) is 10.9 Å². The summed E-state index contributed by atoms with van der Waals surface area (Å²) in [5, 5.41) is 0.808. The summed E-state index contributed by atoms with van der Waals surface area (Å²) in [4.78, 5) is 33.7. The Morgan fingerprint density at radius 2 is 1.84 bits per heavy atom. The molecule has 2 amide bonds. The van der Waals surface area contributed by atoms with E-state index in [2.05, 4.69) is 4.98 Å². The molecule has 2 heterocycles. The van der Waals surface area contributed by atoms with Crippen molar-refractivity contribution in [2.75, 3.05) is 25.4 Å². The molecule has 2 N–H and O–H groups in total. The van der Waals surface area contributed by atoms with Crippen molar-refractivity contribution < 1.29 is 14.3 Å². The Morgan fingerprint density at radius 3 is 2.58 bits per heavy atom. The maximum Gasteiger partial charge on any atom is 0.263 e. The molecule has 160 valence electrons. The van der Waals surface area contributed by atoms with Crippen LogP contribution in [-0.4, -0.2) is 58.4 Å². The lowest BCUT2D eigenvalue weighted by Crippen LogP contribution is -2.57. The lowest BCUT2D eigenvalue weighted by Gasteiger charge is -2.40. The molecule has 3 aromatic rings. The number of carbonyl (C=O) groups excluding carboxylic acids is 2. The lowest BCUT2D eigenvalue weighted by molar-refractivity contribution is -0.142. The van der Waals surface area contributed by atoms with Crippen molar-refractivity contribution in [3.8, 4) is 5.75 Å². The summed E-state index contributed by atoms with van der Waals surface area (Å²) in [6.07, 6.45) is -0.665. The Hall–Kier alpha value is -3.61. The minimum atomic E-state index is -0.665. The van der Waals surface area contributed by atoms with Crippen LogP contribution in [0.5, 0.6) is 5.75 Å². The summed E-state index contributed by atoms with van der Waals surface area (Å²) in [5.41, 5.74) is 7.15. The quantitative estimate of drug-likeness (QED) is 0.704. The van der Waals surface area contributed by atoms with E-state index in [0.29, 0.717) is 36.8 Å².